The standard InChI is InChI=1S/C15H24O/c1-6-11-7-12-8-13(14(12,4)5)15(11,16)9-10(2)3/h6,12-13,16H,2,7-9H2,1,3-5H3/b11-6-/t12-,13+,15+/m0/s1. The molecule has 1 nitrogen and oxygen atoms in total. The molecule has 3 rings (SSSR count). The molecule has 0 unspecified atom stereocenters. The van der Waals surface area contributed by atoms with Crippen LogP contribution >= 0.6 is 0 Å². The molecule has 0 aromatic rings. The normalized spacial score (nSPS) is 42.9. The third-order valence-corrected chi connectivity index (χ3v) is 4.99. The maximum absolute atomic E-state index is 11.0. The van der Waals surface area contributed by atoms with Crippen LogP contribution in [0.5, 0.6) is 0 Å². The lowest BCUT2D eigenvalue weighted by atomic mass is 9.42. The Kier molecular flexibility index (Phi) is 2.58. The van der Waals surface area contributed by atoms with Crippen LogP contribution in [-0.2, 0) is 0 Å². The highest BCUT2D eigenvalue weighted by atomic mass is 16.3. The maximum atomic E-state index is 11.0. The summed E-state index contributed by atoms with van der Waals surface area (Å²) in [5.74, 6) is 1.19. The Hall–Kier alpha value is -0.560. The van der Waals surface area contributed by atoms with Gasteiger partial charge in [-0.25, -0.2) is 0 Å². The van der Waals surface area contributed by atoms with Crippen LogP contribution in [0.1, 0.15) is 47.0 Å². The van der Waals surface area contributed by atoms with Crippen LogP contribution in [-0.4, -0.2) is 10.7 Å². The topological polar surface area (TPSA) is 20.2 Å². The van der Waals surface area contributed by atoms with Gasteiger partial charge in [0.15, 0.2) is 0 Å². The van der Waals surface area contributed by atoms with Gasteiger partial charge in [0, 0.05) is 6.42 Å². The van der Waals surface area contributed by atoms with Crippen molar-refractivity contribution in [2.75, 3.05) is 0 Å². The number of rotatable bonds is 2. The van der Waals surface area contributed by atoms with E-state index in [0.717, 1.165) is 24.3 Å². The first-order chi connectivity index (χ1) is 7.32. The summed E-state index contributed by atoms with van der Waals surface area (Å²) in [6.07, 6.45) is 5.11. The molecule has 0 spiro atoms. The van der Waals surface area contributed by atoms with Gasteiger partial charge < -0.3 is 5.11 Å². The fraction of sp³-hybridized carbons (Fsp3) is 0.733. The molecule has 90 valence electrons. The molecule has 1 N–H and O–H groups in total. The average Bonchev–Trinajstić information content (AvgIpc) is 2.15. The van der Waals surface area contributed by atoms with Crippen molar-refractivity contribution in [1.82, 2.24) is 0 Å². The summed E-state index contributed by atoms with van der Waals surface area (Å²) in [7, 11) is 0. The highest BCUT2D eigenvalue weighted by Crippen LogP contribution is 2.65. The van der Waals surface area contributed by atoms with E-state index in [0.29, 0.717) is 11.3 Å². The Morgan fingerprint density at radius 3 is 2.62 bits per heavy atom. The van der Waals surface area contributed by atoms with Crippen LogP contribution in [0, 0.1) is 17.3 Å². The molecule has 3 atom stereocenters. The minimum Gasteiger partial charge on any atom is -0.385 e. The number of hydrogen-bond acceptors (Lipinski definition) is 1. The quantitative estimate of drug-likeness (QED) is 0.704. The molecule has 16 heavy (non-hydrogen) atoms. The molecule has 3 saturated carbocycles. The van der Waals surface area contributed by atoms with E-state index in [1.807, 2.05) is 6.92 Å². The molecule has 3 aliphatic rings. The number of fused-ring (bicyclic) bond motifs is 2. The van der Waals surface area contributed by atoms with Gasteiger partial charge in [0.05, 0.1) is 5.60 Å². The minimum absolute atomic E-state index is 0.302. The fourth-order valence-corrected chi connectivity index (χ4v) is 3.90. The van der Waals surface area contributed by atoms with Crippen LogP contribution in [0.4, 0.5) is 0 Å². The first kappa shape index (κ1) is 11.9. The van der Waals surface area contributed by atoms with E-state index in [4.69, 9.17) is 0 Å². The lowest BCUT2D eigenvalue weighted by molar-refractivity contribution is -0.168. The second-order valence-electron chi connectivity index (χ2n) is 6.38. The van der Waals surface area contributed by atoms with Crippen LogP contribution in [0.2, 0.25) is 0 Å². The van der Waals surface area contributed by atoms with E-state index in [-0.39, 0.29) is 0 Å². The lowest BCUT2D eigenvalue weighted by Gasteiger charge is -2.64. The molecular weight excluding hydrogens is 196 g/mol. The van der Waals surface area contributed by atoms with Gasteiger partial charge in [-0.3, -0.25) is 0 Å². The summed E-state index contributed by atoms with van der Waals surface area (Å²) in [6, 6.07) is 0. The van der Waals surface area contributed by atoms with Gasteiger partial charge in [0.1, 0.15) is 0 Å². The first-order valence-electron chi connectivity index (χ1n) is 6.34. The SMILES string of the molecule is C=C(C)C[C@@]1(O)/C(=C\C)C[C@H]2C[C@@H]1C2(C)C. The van der Waals surface area contributed by atoms with Crippen molar-refractivity contribution >= 4 is 0 Å². The summed E-state index contributed by atoms with van der Waals surface area (Å²) in [4.78, 5) is 0. The van der Waals surface area contributed by atoms with Gasteiger partial charge in [0.25, 0.3) is 0 Å². The van der Waals surface area contributed by atoms with E-state index >= 15 is 0 Å². The molecule has 0 amide bonds. The zero-order valence-corrected chi connectivity index (χ0v) is 11.0. The molecule has 0 heterocycles. The van der Waals surface area contributed by atoms with Crippen LogP contribution < -0.4 is 0 Å². The van der Waals surface area contributed by atoms with E-state index in [2.05, 4.69) is 33.4 Å². The van der Waals surface area contributed by atoms with Gasteiger partial charge in [-0.2, -0.15) is 0 Å². The van der Waals surface area contributed by atoms with Crippen molar-refractivity contribution < 1.29 is 5.11 Å². The summed E-state index contributed by atoms with van der Waals surface area (Å²) in [5, 5.41) is 11.0. The fourth-order valence-electron chi connectivity index (χ4n) is 3.90. The van der Waals surface area contributed by atoms with Crippen LogP contribution in [0.3, 0.4) is 0 Å². The van der Waals surface area contributed by atoms with E-state index in [1.54, 1.807) is 0 Å². The number of aliphatic hydroxyl groups is 1. The average molecular weight is 220 g/mol. The highest BCUT2D eigenvalue weighted by molar-refractivity contribution is 5.31. The van der Waals surface area contributed by atoms with Crippen molar-refractivity contribution in [3.8, 4) is 0 Å². The maximum Gasteiger partial charge on any atom is 0.0926 e. The van der Waals surface area contributed by atoms with Crippen molar-refractivity contribution in [3.05, 3.63) is 23.8 Å². The molecule has 0 saturated heterocycles. The Morgan fingerprint density at radius 1 is 1.56 bits per heavy atom. The molecule has 3 fully saturated rings. The number of hydrogen-bond donors (Lipinski definition) is 1. The zero-order valence-electron chi connectivity index (χ0n) is 11.0. The molecule has 3 aliphatic carbocycles. The Labute approximate surface area is 99.3 Å². The van der Waals surface area contributed by atoms with Crippen LogP contribution in [0.15, 0.2) is 23.8 Å². The second kappa shape index (κ2) is 3.46. The predicted octanol–water partition coefficient (Wildman–Crippen LogP) is 3.70. The first-order valence-corrected chi connectivity index (χ1v) is 6.34. The van der Waals surface area contributed by atoms with Crippen molar-refractivity contribution in [2.45, 2.75) is 52.6 Å². The Morgan fingerprint density at radius 2 is 2.19 bits per heavy atom. The summed E-state index contributed by atoms with van der Waals surface area (Å²) in [5.41, 5.74) is 2.02. The monoisotopic (exact) mass is 220 g/mol. The molecule has 1 heteroatoms. The second-order valence-corrected chi connectivity index (χ2v) is 6.38. The largest absolute Gasteiger partial charge is 0.385 e. The Balaban J connectivity index is 2.35. The molecule has 0 radical (unpaired) electrons. The van der Waals surface area contributed by atoms with E-state index in [1.165, 1.54) is 12.0 Å². The van der Waals surface area contributed by atoms with Crippen LogP contribution in [0.25, 0.3) is 0 Å². The molecule has 0 aromatic carbocycles. The summed E-state index contributed by atoms with van der Waals surface area (Å²) < 4.78 is 0. The minimum atomic E-state index is -0.612. The van der Waals surface area contributed by atoms with Crippen molar-refractivity contribution in [2.24, 2.45) is 17.3 Å². The van der Waals surface area contributed by atoms with Gasteiger partial charge in [-0.1, -0.05) is 25.5 Å². The lowest BCUT2D eigenvalue weighted by Crippen LogP contribution is -2.62. The molecule has 0 aromatic heterocycles. The summed E-state index contributed by atoms with van der Waals surface area (Å²) in [6.45, 7) is 12.7. The Bertz CT molecular complexity index is 350. The van der Waals surface area contributed by atoms with Gasteiger partial charge in [-0.15, -0.1) is 6.58 Å². The third-order valence-electron chi connectivity index (χ3n) is 4.99. The van der Waals surface area contributed by atoms with Crippen molar-refractivity contribution in [1.29, 1.82) is 0 Å². The molecular formula is C15H24O. The zero-order chi connectivity index (χ0) is 12.1. The third kappa shape index (κ3) is 1.41. The van der Waals surface area contributed by atoms with Gasteiger partial charge in [-0.05, 0) is 49.5 Å². The highest BCUT2D eigenvalue weighted by Gasteiger charge is 2.62. The number of allylic oxidation sites excluding steroid dienone is 1. The molecule has 0 aliphatic heterocycles. The van der Waals surface area contributed by atoms with E-state index < -0.39 is 5.60 Å². The predicted molar refractivity (Wildman–Crippen MR) is 68.1 cm³/mol. The summed E-state index contributed by atoms with van der Waals surface area (Å²) >= 11 is 0. The van der Waals surface area contributed by atoms with Gasteiger partial charge in [0.2, 0.25) is 0 Å². The van der Waals surface area contributed by atoms with E-state index in [9.17, 15) is 5.11 Å². The molecule has 2 bridgehead atoms. The smallest absolute Gasteiger partial charge is 0.0926 e. The van der Waals surface area contributed by atoms with Crippen molar-refractivity contribution in [3.63, 3.8) is 0 Å². The van der Waals surface area contributed by atoms with Gasteiger partial charge >= 0.3 is 0 Å².